The lowest BCUT2D eigenvalue weighted by atomic mass is 10.2. The summed E-state index contributed by atoms with van der Waals surface area (Å²) in [6.45, 7) is 4.56. The molecule has 1 aromatic carbocycles. The molecule has 118 valence electrons. The van der Waals surface area contributed by atoms with Crippen molar-refractivity contribution in [1.29, 1.82) is 0 Å². The monoisotopic (exact) mass is 305 g/mol. The van der Waals surface area contributed by atoms with Crippen LogP contribution in [0.1, 0.15) is 6.42 Å². The number of H-pyrrole nitrogens is 1. The molecule has 0 bridgehead atoms. The lowest BCUT2D eigenvalue weighted by Gasteiger charge is -2.26. The molecule has 0 aliphatic carbocycles. The standard InChI is InChI=1S/C15H19N3O4/c19-12-4-1-3-11-13(12)18(15(21)16-14(11)20)6-2-5-17-7-9-22-10-8-17/h1,3-4,19H,2,5-10H2,(H,16,20,21). The first-order valence-electron chi connectivity index (χ1n) is 7.42. The zero-order valence-electron chi connectivity index (χ0n) is 12.2. The predicted molar refractivity (Wildman–Crippen MR) is 82.4 cm³/mol. The first kappa shape index (κ1) is 14.8. The maximum absolute atomic E-state index is 12.1. The molecule has 2 heterocycles. The normalized spacial score (nSPS) is 16.2. The molecule has 7 nitrogen and oxygen atoms in total. The first-order chi connectivity index (χ1) is 10.7. The van der Waals surface area contributed by atoms with Crippen LogP contribution in [0, 0.1) is 0 Å². The number of phenolic OH excluding ortho intramolecular Hbond substituents is 1. The second-order valence-corrected chi connectivity index (χ2v) is 5.39. The summed E-state index contributed by atoms with van der Waals surface area (Å²) in [5, 5.41) is 10.3. The number of hydrogen-bond acceptors (Lipinski definition) is 5. The number of aromatic nitrogens is 2. The number of ether oxygens (including phenoxy) is 1. The number of nitrogens with zero attached hydrogens (tertiary/aromatic N) is 2. The van der Waals surface area contributed by atoms with Crippen molar-refractivity contribution in [3.8, 4) is 5.75 Å². The highest BCUT2D eigenvalue weighted by atomic mass is 16.5. The number of phenols is 1. The van der Waals surface area contributed by atoms with Crippen LogP contribution < -0.4 is 11.2 Å². The Labute approximate surface area is 126 Å². The lowest BCUT2D eigenvalue weighted by Crippen LogP contribution is -2.37. The predicted octanol–water partition coefficient (Wildman–Crippen LogP) is 0.118. The molecule has 0 saturated carbocycles. The molecule has 1 saturated heterocycles. The first-order valence-corrected chi connectivity index (χ1v) is 7.42. The summed E-state index contributed by atoms with van der Waals surface area (Å²) in [4.78, 5) is 28.5. The van der Waals surface area contributed by atoms with Gasteiger partial charge in [-0.1, -0.05) is 6.07 Å². The van der Waals surface area contributed by atoms with Crippen molar-refractivity contribution in [2.45, 2.75) is 13.0 Å². The Morgan fingerprint density at radius 2 is 1.95 bits per heavy atom. The fourth-order valence-electron chi connectivity index (χ4n) is 2.82. The van der Waals surface area contributed by atoms with Crippen molar-refractivity contribution in [3.63, 3.8) is 0 Å². The maximum Gasteiger partial charge on any atom is 0.328 e. The van der Waals surface area contributed by atoms with E-state index in [1.807, 2.05) is 0 Å². The van der Waals surface area contributed by atoms with Gasteiger partial charge >= 0.3 is 5.69 Å². The van der Waals surface area contributed by atoms with Crippen molar-refractivity contribution in [2.75, 3.05) is 32.8 Å². The Bertz CT molecular complexity index is 774. The van der Waals surface area contributed by atoms with E-state index in [1.165, 1.54) is 10.6 Å². The second kappa shape index (κ2) is 6.33. The molecule has 1 aliphatic rings. The minimum Gasteiger partial charge on any atom is -0.506 e. The quantitative estimate of drug-likeness (QED) is 0.837. The Morgan fingerprint density at radius 3 is 2.73 bits per heavy atom. The summed E-state index contributed by atoms with van der Waals surface area (Å²) in [7, 11) is 0. The van der Waals surface area contributed by atoms with Crippen molar-refractivity contribution in [1.82, 2.24) is 14.5 Å². The van der Waals surface area contributed by atoms with Crippen LogP contribution in [0.3, 0.4) is 0 Å². The molecule has 0 unspecified atom stereocenters. The van der Waals surface area contributed by atoms with Crippen LogP contribution in [-0.4, -0.2) is 52.4 Å². The summed E-state index contributed by atoms with van der Waals surface area (Å²) in [5.74, 6) is -0.0490. The van der Waals surface area contributed by atoms with Gasteiger partial charge in [0.05, 0.1) is 18.6 Å². The van der Waals surface area contributed by atoms with Gasteiger partial charge in [-0.15, -0.1) is 0 Å². The zero-order valence-corrected chi connectivity index (χ0v) is 12.2. The van der Waals surface area contributed by atoms with Crippen LogP contribution in [0.25, 0.3) is 10.9 Å². The second-order valence-electron chi connectivity index (χ2n) is 5.39. The lowest BCUT2D eigenvalue weighted by molar-refractivity contribution is 0.0369. The molecule has 0 amide bonds. The van der Waals surface area contributed by atoms with E-state index in [-0.39, 0.29) is 5.75 Å². The van der Waals surface area contributed by atoms with Gasteiger partial charge in [-0.25, -0.2) is 4.79 Å². The van der Waals surface area contributed by atoms with Crippen molar-refractivity contribution < 1.29 is 9.84 Å². The Kier molecular flexibility index (Phi) is 4.26. The molecule has 1 fully saturated rings. The van der Waals surface area contributed by atoms with E-state index in [0.29, 0.717) is 17.4 Å². The van der Waals surface area contributed by atoms with Gasteiger partial charge in [-0.05, 0) is 18.6 Å². The van der Waals surface area contributed by atoms with Gasteiger partial charge in [0.1, 0.15) is 11.3 Å². The van der Waals surface area contributed by atoms with Crippen LogP contribution >= 0.6 is 0 Å². The number of fused-ring (bicyclic) bond motifs is 1. The van der Waals surface area contributed by atoms with Gasteiger partial charge in [-0.3, -0.25) is 19.2 Å². The molecule has 0 atom stereocenters. The van der Waals surface area contributed by atoms with E-state index in [0.717, 1.165) is 39.3 Å². The average Bonchev–Trinajstić information content (AvgIpc) is 2.52. The Morgan fingerprint density at radius 1 is 1.18 bits per heavy atom. The number of aromatic amines is 1. The van der Waals surface area contributed by atoms with Gasteiger partial charge < -0.3 is 9.84 Å². The summed E-state index contributed by atoms with van der Waals surface area (Å²) >= 11 is 0. The molecule has 1 aliphatic heterocycles. The molecule has 0 spiro atoms. The Balaban J connectivity index is 1.84. The number of rotatable bonds is 4. The van der Waals surface area contributed by atoms with Crippen LogP contribution in [0.4, 0.5) is 0 Å². The fraction of sp³-hybridized carbons (Fsp3) is 0.467. The minimum absolute atomic E-state index is 0.0490. The third kappa shape index (κ3) is 2.90. The fourth-order valence-corrected chi connectivity index (χ4v) is 2.82. The Hall–Kier alpha value is -2.12. The summed E-state index contributed by atoms with van der Waals surface area (Å²) in [6.07, 6.45) is 0.759. The van der Waals surface area contributed by atoms with Gasteiger partial charge in [-0.2, -0.15) is 0 Å². The van der Waals surface area contributed by atoms with Crippen LogP contribution in [0.2, 0.25) is 0 Å². The van der Waals surface area contributed by atoms with Gasteiger partial charge in [0.2, 0.25) is 0 Å². The SMILES string of the molecule is O=c1[nH]c(=O)n(CCCN2CCOCC2)c2c(O)cccc12. The molecular weight excluding hydrogens is 286 g/mol. The molecule has 1 aromatic heterocycles. The molecule has 7 heteroatoms. The van der Waals surface area contributed by atoms with E-state index >= 15 is 0 Å². The third-order valence-electron chi connectivity index (χ3n) is 3.95. The molecule has 2 N–H and O–H groups in total. The highest BCUT2D eigenvalue weighted by molar-refractivity contribution is 5.83. The van der Waals surface area contributed by atoms with Gasteiger partial charge in [0, 0.05) is 26.2 Å². The van der Waals surface area contributed by atoms with E-state index in [4.69, 9.17) is 4.74 Å². The zero-order chi connectivity index (χ0) is 15.5. The molecule has 0 radical (unpaired) electrons. The molecule has 2 aromatic rings. The minimum atomic E-state index is -0.485. The van der Waals surface area contributed by atoms with E-state index in [1.54, 1.807) is 12.1 Å². The summed E-state index contributed by atoms with van der Waals surface area (Å²) in [5.41, 5.74) is -0.653. The van der Waals surface area contributed by atoms with E-state index in [9.17, 15) is 14.7 Å². The van der Waals surface area contributed by atoms with Crippen molar-refractivity contribution >= 4 is 10.9 Å². The van der Waals surface area contributed by atoms with E-state index in [2.05, 4.69) is 9.88 Å². The van der Waals surface area contributed by atoms with Crippen molar-refractivity contribution in [3.05, 3.63) is 39.0 Å². The number of aromatic hydroxyl groups is 1. The summed E-state index contributed by atoms with van der Waals surface area (Å²) < 4.78 is 6.74. The number of nitrogens with one attached hydrogen (secondary N) is 1. The van der Waals surface area contributed by atoms with Crippen LogP contribution in [0.5, 0.6) is 5.75 Å². The van der Waals surface area contributed by atoms with Gasteiger partial charge in [0.25, 0.3) is 5.56 Å². The van der Waals surface area contributed by atoms with Gasteiger partial charge in [0.15, 0.2) is 0 Å². The highest BCUT2D eigenvalue weighted by Gasteiger charge is 2.13. The third-order valence-corrected chi connectivity index (χ3v) is 3.95. The average molecular weight is 305 g/mol. The molecular formula is C15H19N3O4. The number of aryl methyl sites for hydroxylation is 1. The largest absolute Gasteiger partial charge is 0.506 e. The van der Waals surface area contributed by atoms with E-state index < -0.39 is 11.2 Å². The summed E-state index contributed by atoms with van der Waals surface area (Å²) in [6, 6.07) is 4.68. The number of para-hydroxylation sites is 1. The maximum atomic E-state index is 12.1. The molecule has 3 rings (SSSR count). The smallest absolute Gasteiger partial charge is 0.328 e. The number of benzene rings is 1. The van der Waals surface area contributed by atoms with Crippen molar-refractivity contribution in [2.24, 2.45) is 0 Å². The number of hydrogen-bond donors (Lipinski definition) is 2. The number of morpholine rings is 1. The molecule has 22 heavy (non-hydrogen) atoms. The van der Waals surface area contributed by atoms with Crippen LogP contribution in [0.15, 0.2) is 27.8 Å². The van der Waals surface area contributed by atoms with Crippen LogP contribution in [-0.2, 0) is 11.3 Å². The topological polar surface area (TPSA) is 87.6 Å². The highest BCUT2D eigenvalue weighted by Crippen LogP contribution is 2.20.